The normalized spacial score (nSPS) is 13.5. The van der Waals surface area contributed by atoms with Crippen LogP contribution < -0.4 is 51.4 Å². The standard InChI is InChI=1S/C9H18BF3N.K/c1-5-6-9(3)14(4)7-8(2)10(11,12)13;/h9H,2,5-7H2,1,3-4H3;/q-1;+1. The average Bonchev–Trinajstić information content (AvgIpc) is 2.02. The Kier molecular flexibility index (Phi) is 10.3. The molecule has 6 heteroatoms. The van der Waals surface area contributed by atoms with E-state index in [9.17, 15) is 12.9 Å². The molecule has 0 aliphatic heterocycles. The first-order chi connectivity index (χ1) is 6.29. The van der Waals surface area contributed by atoms with Crippen molar-refractivity contribution in [2.75, 3.05) is 13.6 Å². The number of nitrogens with zero attached hydrogens (tertiary/aromatic N) is 1. The summed E-state index contributed by atoms with van der Waals surface area (Å²) in [6.45, 7) is 2.06. The third-order valence-electron chi connectivity index (χ3n) is 2.37. The molecule has 15 heavy (non-hydrogen) atoms. The molecule has 0 aromatic heterocycles. The van der Waals surface area contributed by atoms with Crippen LogP contribution in [-0.4, -0.2) is 31.5 Å². The van der Waals surface area contributed by atoms with E-state index in [1.165, 1.54) is 0 Å². The Balaban J connectivity index is 0. The maximum Gasteiger partial charge on any atom is 1.00 e. The Morgan fingerprint density at radius 3 is 2.20 bits per heavy atom. The van der Waals surface area contributed by atoms with Gasteiger partial charge >= 0.3 is 58.4 Å². The van der Waals surface area contributed by atoms with E-state index in [1.54, 1.807) is 11.9 Å². The van der Waals surface area contributed by atoms with Crippen molar-refractivity contribution in [3.05, 3.63) is 12.1 Å². The van der Waals surface area contributed by atoms with Crippen molar-refractivity contribution >= 4 is 6.98 Å². The van der Waals surface area contributed by atoms with Crippen LogP contribution in [0.3, 0.4) is 0 Å². The fourth-order valence-corrected chi connectivity index (χ4v) is 1.22. The second-order valence-corrected chi connectivity index (χ2v) is 3.79. The van der Waals surface area contributed by atoms with Crippen LogP contribution in [0.15, 0.2) is 12.1 Å². The summed E-state index contributed by atoms with van der Waals surface area (Å²) in [5.74, 6) is 0. The molecule has 0 amide bonds. The van der Waals surface area contributed by atoms with Crippen molar-refractivity contribution in [2.45, 2.75) is 32.7 Å². The predicted octanol–water partition coefficient (Wildman–Crippen LogP) is 0.0536. The first kappa shape index (κ1) is 18.6. The maximum atomic E-state index is 12.2. The second kappa shape index (κ2) is 8.31. The third kappa shape index (κ3) is 7.99. The predicted molar refractivity (Wildman–Crippen MR) is 55.2 cm³/mol. The van der Waals surface area contributed by atoms with E-state index in [4.69, 9.17) is 0 Å². The van der Waals surface area contributed by atoms with Crippen LogP contribution in [0.1, 0.15) is 26.7 Å². The zero-order valence-corrected chi connectivity index (χ0v) is 13.2. The molecule has 84 valence electrons. The largest absolute Gasteiger partial charge is 1.00 e. The van der Waals surface area contributed by atoms with E-state index in [0.717, 1.165) is 12.8 Å². The van der Waals surface area contributed by atoms with E-state index in [0.29, 0.717) is 0 Å². The summed E-state index contributed by atoms with van der Waals surface area (Å²) in [5, 5.41) is 0. The van der Waals surface area contributed by atoms with E-state index < -0.39 is 12.4 Å². The van der Waals surface area contributed by atoms with Crippen molar-refractivity contribution < 1.29 is 64.3 Å². The number of hydrogen-bond acceptors (Lipinski definition) is 1. The number of hydrogen-bond donors (Lipinski definition) is 0. The molecule has 1 nitrogen and oxygen atoms in total. The Labute approximate surface area is 133 Å². The van der Waals surface area contributed by atoms with Gasteiger partial charge in [0.15, 0.2) is 0 Å². The fraction of sp³-hybridized carbons (Fsp3) is 0.778. The summed E-state index contributed by atoms with van der Waals surface area (Å²) in [6, 6.07) is 0.176. The van der Waals surface area contributed by atoms with Crippen molar-refractivity contribution in [3.63, 3.8) is 0 Å². The minimum atomic E-state index is -4.88. The van der Waals surface area contributed by atoms with E-state index in [2.05, 4.69) is 6.58 Å². The first-order valence-corrected chi connectivity index (χ1v) is 4.86. The van der Waals surface area contributed by atoms with Gasteiger partial charge in [-0.3, -0.25) is 0 Å². The van der Waals surface area contributed by atoms with Gasteiger partial charge in [0.25, 0.3) is 0 Å². The summed E-state index contributed by atoms with van der Waals surface area (Å²) in [4.78, 5) is 1.70. The molecular formula is C9H18BF3KN. The van der Waals surface area contributed by atoms with Gasteiger partial charge in [0.1, 0.15) is 0 Å². The van der Waals surface area contributed by atoms with E-state index >= 15 is 0 Å². The SMILES string of the molecule is C=C(CN(C)C(C)CCC)[B-](F)(F)F.[K+]. The molecule has 0 aliphatic carbocycles. The minimum Gasteiger partial charge on any atom is -0.445 e. The zero-order chi connectivity index (χ0) is 11.4. The summed E-state index contributed by atoms with van der Waals surface area (Å²) < 4.78 is 36.6. The van der Waals surface area contributed by atoms with E-state index in [-0.39, 0.29) is 64.0 Å². The third-order valence-corrected chi connectivity index (χ3v) is 2.37. The number of halogens is 3. The van der Waals surface area contributed by atoms with Gasteiger partial charge < -0.3 is 17.8 Å². The van der Waals surface area contributed by atoms with Crippen molar-refractivity contribution in [1.29, 1.82) is 0 Å². The van der Waals surface area contributed by atoms with Gasteiger partial charge in [0, 0.05) is 6.04 Å². The topological polar surface area (TPSA) is 3.24 Å². The van der Waals surface area contributed by atoms with Crippen LogP contribution in [0.25, 0.3) is 0 Å². The molecule has 0 aromatic rings. The Bertz CT molecular complexity index is 196. The van der Waals surface area contributed by atoms with E-state index in [1.807, 2.05) is 13.8 Å². The molecule has 0 aromatic carbocycles. The van der Waals surface area contributed by atoms with Crippen LogP contribution in [-0.2, 0) is 0 Å². The smallest absolute Gasteiger partial charge is 0.445 e. The maximum absolute atomic E-state index is 12.2. The van der Waals surface area contributed by atoms with Gasteiger partial charge in [-0.2, -0.15) is 0 Å². The first-order valence-electron chi connectivity index (χ1n) is 4.86. The molecule has 0 saturated heterocycles. The van der Waals surface area contributed by atoms with Crippen molar-refractivity contribution in [3.8, 4) is 0 Å². The van der Waals surface area contributed by atoms with Crippen LogP contribution in [0.5, 0.6) is 0 Å². The van der Waals surface area contributed by atoms with Crippen LogP contribution in [0, 0.1) is 0 Å². The molecule has 1 atom stereocenters. The Morgan fingerprint density at radius 2 is 1.87 bits per heavy atom. The molecule has 0 saturated carbocycles. The van der Waals surface area contributed by atoms with Gasteiger partial charge in [-0.1, -0.05) is 13.3 Å². The number of likely N-dealkylation sites (N-methyl/N-ethyl adjacent to an activating group) is 1. The molecule has 0 heterocycles. The molecule has 0 fully saturated rings. The van der Waals surface area contributed by atoms with Crippen molar-refractivity contribution in [2.24, 2.45) is 0 Å². The van der Waals surface area contributed by atoms with Gasteiger partial charge in [-0.25, -0.2) is 0 Å². The summed E-state index contributed by atoms with van der Waals surface area (Å²) in [6.07, 6.45) is 1.89. The minimum absolute atomic E-state index is 0. The average molecular weight is 247 g/mol. The van der Waals surface area contributed by atoms with Crippen LogP contribution >= 0.6 is 0 Å². The summed E-state index contributed by atoms with van der Waals surface area (Å²) >= 11 is 0. The van der Waals surface area contributed by atoms with Gasteiger partial charge in [0.05, 0.1) is 0 Å². The van der Waals surface area contributed by atoms with Crippen LogP contribution in [0.2, 0.25) is 0 Å². The molecule has 0 radical (unpaired) electrons. The quantitative estimate of drug-likeness (QED) is 0.600. The summed E-state index contributed by atoms with van der Waals surface area (Å²) in [5.41, 5.74) is -0.615. The second-order valence-electron chi connectivity index (χ2n) is 3.79. The molecule has 0 bridgehead atoms. The van der Waals surface area contributed by atoms with Gasteiger partial charge in [-0.15, -0.1) is 12.1 Å². The molecule has 1 unspecified atom stereocenters. The van der Waals surface area contributed by atoms with Gasteiger partial charge in [-0.05, 0) is 26.9 Å². The van der Waals surface area contributed by atoms with Crippen molar-refractivity contribution in [1.82, 2.24) is 4.90 Å². The molecular weight excluding hydrogens is 229 g/mol. The Morgan fingerprint density at radius 1 is 1.40 bits per heavy atom. The molecule has 0 N–H and O–H groups in total. The fourth-order valence-electron chi connectivity index (χ4n) is 1.22. The van der Waals surface area contributed by atoms with Gasteiger partial charge in [0.2, 0.25) is 0 Å². The summed E-state index contributed by atoms with van der Waals surface area (Å²) in [7, 11) is 1.70. The Hall–Kier alpha value is 1.19. The molecule has 0 spiro atoms. The van der Waals surface area contributed by atoms with Crippen LogP contribution in [0.4, 0.5) is 12.9 Å². The number of rotatable bonds is 6. The monoisotopic (exact) mass is 247 g/mol. The molecule has 0 rings (SSSR count). The zero-order valence-electron chi connectivity index (χ0n) is 10.1. The molecule has 0 aliphatic rings.